The summed E-state index contributed by atoms with van der Waals surface area (Å²) < 4.78 is 16.3. The maximum Gasteiger partial charge on any atom is 0.241 e. The Hall–Kier alpha value is -2.93. The molecule has 29 heavy (non-hydrogen) atoms. The number of methoxy groups -OCH3 is 1. The van der Waals surface area contributed by atoms with Gasteiger partial charge in [-0.15, -0.1) is 0 Å². The zero-order valence-electron chi connectivity index (χ0n) is 16.9. The van der Waals surface area contributed by atoms with Crippen LogP contribution in [-0.4, -0.2) is 63.4 Å². The molecular weight excluding hydrogens is 370 g/mol. The van der Waals surface area contributed by atoms with Crippen molar-refractivity contribution < 1.29 is 19.0 Å². The molecule has 0 aliphatic carbocycles. The number of nitrogens with one attached hydrogen (secondary N) is 1. The SMILES string of the molecule is COc1ccc(N2CCN([C@H](C)C(=O)Nc3ccc4c(c3)OCCO4)CC2)cc1. The number of rotatable bonds is 5. The van der Waals surface area contributed by atoms with Gasteiger partial charge in [-0.05, 0) is 43.3 Å². The molecule has 1 amide bonds. The summed E-state index contributed by atoms with van der Waals surface area (Å²) in [7, 11) is 1.67. The number of piperazine rings is 1. The summed E-state index contributed by atoms with van der Waals surface area (Å²) in [5, 5.41) is 3.00. The summed E-state index contributed by atoms with van der Waals surface area (Å²) in [4.78, 5) is 17.3. The van der Waals surface area contributed by atoms with Crippen LogP contribution in [0.3, 0.4) is 0 Å². The van der Waals surface area contributed by atoms with Gasteiger partial charge in [-0.3, -0.25) is 9.69 Å². The number of carbonyl (C=O) groups excluding carboxylic acids is 1. The Bertz CT molecular complexity index is 848. The average molecular weight is 397 g/mol. The summed E-state index contributed by atoms with van der Waals surface area (Å²) in [5.41, 5.74) is 1.90. The van der Waals surface area contributed by atoms with Crippen molar-refractivity contribution in [3.05, 3.63) is 42.5 Å². The van der Waals surface area contributed by atoms with Gasteiger partial charge in [0.05, 0.1) is 13.2 Å². The van der Waals surface area contributed by atoms with Crippen LogP contribution in [-0.2, 0) is 4.79 Å². The highest BCUT2D eigenvalue weighted by Crippen LogP contribution is 2.32. The third-order valence-corrected chi connectivity index (χ3v) is 5.49. The lowest BCUT2D eigenvalue weighted by molar-refractivity contribution is -0.120. The van der Waals surface area contributed by atoms with E-state index in [0.29, 0.717) is 19.0 Å². The Balaban J connectivity index is 1.31. The molecular formula is C22H27N3O4. The van der Waals surface area contributed by atoms with Crippen LogP contribution in [0.1, 0.15) is 6.92 Å². The fourth-order valence-electron chi connectivity index (χ4n) is 3.69. The Kier molecular flexibility index (Phi) is 5.76. The van der Waals surface area contributed by atoms with Crippen molar-refractivity contribution in [2.24, 2.45) is 0 Å². The minimum absolute atomic E-state index is 0.0143. The number of hydrogen-bond donors (Lipinski definition) is 1. The molecule has 0 bridgehead atoms. The summed E-state index contributed by atoms with van der Waals surface area (Å²) in [6.07, 6.45) is 0. The predicted molar refractivity (Wildman–Crippen MR) is 112 cm³/mol. The minimum atomic E-state index is -0.207. The van der Waals surface area contributed by atoms with Crippen LogP contribution >= 0.6 is 0 Å². The van der Waals surface area contributed by atoms with E-state index in [1.54, 1.807) is 7.11 Å². The van der Waals surface area contributed by atoms with Crippen LogP contribution in [0.5, 0.6) is 17.2 Å². The first-order valence-corrected chi connectivity index (χ1v) is 9.97. The molecule has 2 heterocycles. The van der Waals surface area contributed by atoms with E-state index in [4.69, 9.17) is 14.2 Å². The molecule has 7 nitrogen and oxygen atoms in total. The van der Waals surface area contributed by atoms with Gasteiger partial charge in [0.2, 0.25) is 5.91 Å². The topological polar surface area (TPSA) is 63.3 Å². The third-order valence-electron chi connectivity index (χ3n) is 5.49. The van der Waals surface area contributed by atoms with Crippen molar-refractivity contribution in [2.75, 3.05) is 56.7 Å². The van der Waals surface area contributed by atoms with Gasteiger partial charge in [0.25, 0.3) is 0 Å². The Labute approximate surface area is 171 Å². The first-order chi connectivity index (χ1) is 14.1. The first kappa shape index (κ1) is 19.4. The van der Waals surface area contributed by atoms with Gasteiger partial charge >= 0.3 is 0 Å². The van der Waals surface area contributed by atoms with Gasteiger partial charge < -0.3 is 24.4 Å². The van der Waals surface area contributed by atoms with Crippen molar-refractivity contribution in [1.82, 2.24) is 4.90 Å². The fourth-order valence-corrected chi connectivity index (χ4v) is 3.69. The molecule has 0 aromatic heterocycles. The van der Waals surface area contributed by atoms with Crippen LogP contribution in [0.25, 0.3) is 0 Å². The normalized spacial score (nSPS) is 17.5. The van der Waals surface area contributed by atoms with Crippen LogP contribution in [0.2, 0.25) is 0 Å². The average Bonchev–Trinajstić information content (AvgIpc) is 2.78. The molecule has 4 rings (SSSR count). The molecule has 1 fully saturated rings. The highest BCUT2D eigenvalue weighted by Gasteiger charge is 2.26. The predicted octanol–water partition coefficient (Wildman–Crippen LogP) is 2.62. The third kappa shape index (κ3) is 4.40. The molecule has 2 aliphatic rings. The summed E-state index contributed by atoms with van der Waals surface area (Å²) in [5.74, 6) is 2.24. The van der Waals surface area contributed by atoms with E-state index in [1.165, 1.54) is 5.69 Å². The number of carbonyl (C=O) groups is 1. The van der Waals surface area contributed by atoms with E-state index < -0.39 is 0 Å². The number of fused-ring (bicyclic) bond motifs is 1. The van der Waals surface area contributed by atoms with E-state index in [-0.39, 0.29) is 11.9 Å². The zero-order valence-corrected chi connectivity index (χ0v) is 16.9. The summed E-state index contributed by atoms with van der Waals surface area (Å²) in [6, 6.07) is 13.4. The number of nitrogens with zero attached hydrogens (tertiary/aromatic N) is 2. The second-order valence-electron chi connectivity index (χ2n) is 7.24. The lowest BCUT2D eigenvalue weighted by Gasteiger charge is -2.38. The van der Waals surface area contributed by atoms with Crippen LogP contribution in [0, 0.1) is 0 Å². The number of anilines is 2. The van der Waals surface area contributed by atoms with Crippen LogP contribution < -0.4 is 24.4 Å². The monoisotopic (exact) mass is 397 g/mol. The first-order valence-electron chi connectivity index (χ1n) is 9.97. The van der Waals surface area contributed by atoms with E-state index in [1.807, 2.05) is 37.3 Å². The fraction of sp³-hybridized carbons (Fsp3) is 0.409. The standard InChI is InChI=1S/C22H27N3O4/c1-16(22(26)23-17-3-8-20-21(15-17)29-14-13-28-20)24-9-11-25(12-10-24)18-4-6-19(27-2)7-5-18/h3-8,15-16H,9-14H2,1-2H3,(H,23,26)/t16-/m1/s1. The Morgan fingerprint density at radius 2 is 1.69 bits per heavy atom. The molecule has 2 aromatic carbocycles. The lowest BCUT2D eigenvalue weighted by Crippen LogP contribution is -2.52. The van der Waals surface area contributed by atoms with Crippen molar-refractivity contribution in [2.45, 2.75) is 13.0 Å². The van der Waals surface area contributed by atoms with Gasteiger partial charge in [0.1, 0.15) is 19.0 Å². The van der Waals surface area contributed by atoms with E-state index in [9.17, 15) is 4.79 Å². The molecule has 0 spiro atoms. The molecule has 1 saturated heterocycles. The van der Waals surface area contributed by atoms with E-state index in [2.05, 4.69) is 27.2 Å². The quantitative estimate of drug-likeness (QED) is 0.837. The Morgan fingerprint density at radius 3 is 2.38 bits per heavy atom. The second kappa shape index (κ2) is 8.61. The van der Waals surface area contributed by atoms with Gasteiger partial charge in [-0.2, -0.15) is 0 Å². The lowest BCUT2D eigenvalue weighted by atomic mass is 10.2. The molecule has 1 N–H and O–H groups in total. The van der Waals surface area contributed by atoms with Gasteiger partial charge in [-0.25, -0.2) is 0 Å². The van der Waals surface area contributed by atoms with Crippen molar-refractivity contribution in [3.8, 4) is 17.2 Å². The zero-order chi connectivity index (χ0) is 20.2. The highest BCUT2D eigenvalue weighted by molar-refractivity contribution is 5.94. The molecule has 0 unspecified atom stereocenters. The van der Waals surface area contributed by atoms with Crippen molar-refractivity contribution in [3.63, 3.8) is 0 Å². The van der Waals surface area contributed by atoms with Gasteiger partial charge in [0.15, 0.2) is 11.5 Å². The molecule has 7 heteroatoms. The molecule has 154 valence electrons. The van der Waals surface area contributed by atoms with Gasteiger partial charge in [-0.1, -0.05) is 0 Å². The van der Waals surface area contributed by atoms with Crippen LogP contribution in [0.15, 0.2) is 42.5 Å². The smallest absolute Gasteiger partial charge is 0.241 e. The summed E-state index contributed by atoms with van der Waals surface area (Å²) >= 11 is 0. The van der Waals surface area contributed by atoms with Gasteiger partial charge in [0, 0.05) is 43.6 Å². The second-order valence-corrected chi connectivity index (χ2v) is 7.24. The number of hydrogen-bond acceptors (Lipinski definition) is 6. The van der Waals surface area contributed by atoms with Crippen molar-refractivity contribution in [1.29, 1.82) is 0 Å². The minimum Gasteiger partial charge on any atom is -0.497 e. The molecule has 0 saturated carbocycles. The Morgan fingerprint density at radius 1 is 1.00 bits per heavy atom. The maximum atomic E-state index is 12.7. The van der Waals surface area contributed by atoms with E-state index in [0.717, 1.165) is 43.4 Å². The number of amides is 1. The van der Waals surface area contributed by atoms with Crippen molar-refractivity contribution >= 4 is 17.3 Å². The van der Waals surface area contributed by atoms with E-state index >= 15 is 0 Å². The maximum absolute atomic E-state index is 12.7. The number of benzene rings is 2. The summed E-state index contributed by atoms with van der Waals surface area (Å²) in [6.45, 7) is 6.47. The number of ether oxygens (including phenoxy) is 3. The molecule has 2 aromatic rings. The molecule has 0 radical (unpaired) electrons. The molecule has 1 atom stereocenters. The largest absolute Gasteiger partial charge is 0.497 e. The van der Waals surface area contributed by atoms with Crippen LogP contribution in [0.4, 0.5) is 11.4 Å². The molecule has 2 aliphatic heterocycles. The highest BCUT2D eigenvalue weighted by atomic mass is 16.6.